The maximum absolute atomic E-state index is 10.5. The number of benzene rings is 10. The molecular weight excluding hydrogens is 865 g/mol. The Labute approximate surface area is 408 Å². The summed E-state index contributed by atoms with van der Waals surface area (Å²) in [5, 5.41) is 17.6. The highest BCUT2D eigenvalue weighted by molar-refractivity contribution is 6.14. The lowest BCUT2D eigenvalue weighted by atomic mass is 9.95. The third-order valence-corrected chi connectivity index (χ3v) is 14.1. The van der Waals surface area contributed by atoms with Crippen LogP contribution in [0.4, 0.5) is 0 Å². The molecule has 0 bridgehead atoms. The minimum absolute atomic E-state index is 0.561. The van der Waals surface area contributed by atoms with Crippen LogP contribution in [0.1, 0.15) is 5.56 Å². The lowest BCUT2D eigenvalue weighted by Gasteiger charge is -2.18. The molecular formula is C65H40N6. The Morgan fingerprint density at radius 3 is 1.18 bits per heavy atom. The molecule has 0 saturated carbocycles. The summed E-state index contributed by atoms with van der Waals surface area (Å²) in [5.74, 6) is 0.600. The molecule has 10 aromatic carbocycles. The molecule has 0 amide bonds. The van der Waals surface area contributed by atoms with Gasteiger partial charge in [0.15, 0.2) is 5.82 Å². The van der Waals surface area contributed by atoms with E-state index in [0.717, 1.165) is 100 Å². The first-order valence-corrected chi connectivity index (χ1v) is 23.9. The van der Waals surface area contributed by atoms with Crippen molar-refractivity contribution < 1.29 is 0 Å². The molecule has 14 rings (SSSR count). The second-order valence-electron chi connectivity index (χ2n) is 18.1. The van der Waals surface area contributed by atoms with Crippen LogP contribution in [0.2, 0.25) is 0 Å². The topological polar surface area (TPSA) is 64.4 Å². The number of hydrogen-bond acceptors (Lipinski definition) is 3. The van der Waals surface area contributed by atoms with Crippen molar-refractivity contribution in [3.8, 4) is 68.2 Å². The summed E-state index contributed by atoms with van der Waals surface area (Å²) in [5.41, 5.74) is 16.7. The second-order valence-corrected chi connectivity index (χ2v) is 18.1. The van der Waals surface area contributed by atoms with Crippen LogP contribution in [0.25, 0.3) is 128 Å². The van der Waals surface area contributed by atoms with Crippen LogP contribution in [0.15, 0.2) is 243 Å². The first kappa shape index (κ1) is 40.3. The third-order valence-electron chi connectivity index (χ3n) is 14.1. The van der Waals surface area contributed by atoms with Crippen molar-refractivity contribution in [3.05, 3.63) is 248 Å². The Morgan fingerprint density at radius 2 is 0.718 bits per heavy atom. The highest BCUT2D eigenvalue weighted by Gasteiger charge is 2.23. The number of aromatic nitrogens is 5. The Hall–Kier alpha value is -9.83. The quantitative estimate of drug-likeness (QED) is 0.160. The van der Waals surface area contributed by atoms with Gasteiger partial charge in [-0.2, -0.15) is 5.26 Å². The van der Waals surface area contributed by atoms with Gasteiger partial charge < -0.3 is 13.7 Å². The summed E-state index contributed by atoms with van der Waals surface area (Å²) in [4.78, 5) is 10.6. The van der Waals surface area contributed by atoms with E-state index in [4.69, 9.17) is 9.97 Å². The smallest absolute Gasteiger partial charge is 0.161 e. The van der Waals surface area contributed by atoms with Crippen LogP contribution in [-0.2, 0) is 0 Å². The number of fused-ring (bicyclic) bond motifs is 9. The van der Waals surface area contributed by atoms with Gasteiger partial charge in [0.2, 0.25) is 0 Å². The van der Waals surface area contributed by atoms with Crippen LogP contribution in [0, 0.1) is 11.3 Å². The largest absolute Gasteiger partial charge is 0.309 e. The highest BCUT2D eigenvalue weighted by Crippen LogP contribution is 2.43. The second kappa shape index (κ2) is 16.2. The molecule has 0 radical (unpaired) electrons. The average molecular weight is 905 g/mol. The SMILES string of the molecule is N#Cc1ccc(-n2c3ccc(-n4c5ccccc5c5ccccc54)cc3c3cc(-n4c5ccccc5c5ccccc54)ccc32)c(-c2ccccc2-c2nc(-c3ccccc3)cc(-c3ccccc3)n2)c1. The molecule has 0 atom stereocenters. The Bertz CT molecular complexity index is 4140. The summed E-state index contributed by atoms with van der Waals surface area (Å²) in [6.45, 7) is 0. The summed E-state index contributed by atoms with van der Waals surface area (Å²) in [6.07, 6.45) is 0. The van der Waals surface area contributed by atoms with Crippen molar-refractivity contribution in [1.82, 2.24) is 23.7 Å². The fourth-order valence-electron chi connectivity index (χ4n) is 10.9. The van der Waals surface area contributed by atoms with Gasteiger partial charge in [-0.05, 0) is 90.5 Å². The summed E-state index contributed by atoms with van der Waals surface area (Å²) >= 11 is 0. The first-order chi connectivity index (χ1) is 35.2. The standard InChI is InChI=1S/C65H40N6/c66-41-42-31-34-62(53(37-42)47-21-7-8-26-52(47)65-67-56(43-17-3-1-4-18-43)40-57(68-65)44-19-5-2-6-20-44)71-63-35-32-45(69-58-27-13-9-22-48(58)49-23-10-14-28-59(49)69)38-54(63)55-39-46(33-36-64(55)71)70-60-29-15-11-24-50(60)51-25-12-16-30-61(51)70/h1-40H. The van der Waals surface area contributed by atoms with Crippen molar-refractivity contribution in [2.45, 2.75) is 0 Å². The molecule has 6 heteroatoms. The molecule has 330 valence electrons. The molecule has 6 nitrogen and oxygen atoms in total. The molecule has 4 aromatic heterocycles. The number of para-hydroxylation sites is 4. The molecule has 0 saturated heterocycles. The maximum Gasteiger partial charge on any atom is 0.161 e. The van der Waals surface area contributed by atoms with Crippen molar-refractivity contribution >= 4 is 65.4 Å². The summed E-state index contributed by atoms with van der Waals surface area (Å²) in [7, 11) is 0. The van der Waals surface area contributed by atoms with Crippen LogP contribution >= 0.6 is 0 Å². The average Bonchev–Trinajstić information content (AvgIpc) is 4.08. The van der Waals surface area contributed by atoms with Crippen molar-refractivity contribution in [2.75, 3.05) is 0 Å². The van der Waals surface area contributed by atoms with Gasteiger partial charge in [-0.25, -0.2) is 9.97 Å². The van der Waals surface area contributed by atoms with Crippen molar-refractivity contribution in [1.29, 1.82) is 5.26 Å². The fourth-order valence-corrected chi connectivity index (χ4v) is 10.9. The predicted octanol–water partition coefficient (Wildman–Crippen LogP) is 16.3. The van der Waals surface area contributed by atoms with Gasteiger partial charge in [0.25, 0.3) is 0 Å². The van der Waals surface area contributed by atoms with E-state index < -0.39 is 0 Å². The summed E-state index contributed by atoms with van der Waals surface area (Å²) in [6, 6.07) is 87.8. The molecule has 0 spiro atoms. The number of hydrogen-bond donors (Lipinski definition) is 0. The number of nitriles is 1. The molecule has 4 heterocycles. The Morgan fingerprint density at radius 1 is 0.310 bits per heavy atom. The van der Waals surface area contributed by atoms with E-state index in [1.165, 1.54) is 21.5 Å². The Kier molecular flexibility index (Phi) is 9.16. The molecule has 0 aliphatic carbocycles. The van der Waals surface area contributed by atoms with Gasteiger partial charge in [-0.3, -0.25) is 0 Å². The number of nitrogens with zero attached hydrogens (tertiary/aromatic N) is 6. The minimum Gasteiger partial charge on any atom is -0.309 e. The first-order valence-electron chi connectivity index (χ1n) is 23.9. The lowest BCUT2D eigenvalue weighted by molar-refractivity contribution is 1.16. The van der Waals surface area contributed by atoms with E-state index in [0.29, 0.717) is 11.4 Å². The molecule has 0 fully saturated rings. The normalized spacial score (nSPS) is 11.6. The highest BCUT2D eigenvalue weighted by atomic mass is 15.0. The lowest BCUT2D eigenvalue weighted by Crippen LogP contribution is -2.01. The van der Waals surface area contributed by atoms with E-state index in [-0.39, 0.29) is 0 Å². The van der Waals surface area contributed by atoms with E-state index in [1.54, 1.807) is 0 Å². The van der Waals surface area contributed by atoms with Crippen LogP contribution in [-0.4, -0.2) is 23.7 Å². The van der Waals surface area contributed by atoms with Crippen molar-refractivity contribution in [2.24, 2.45) is 0 Å². The number of rotatable bonds is 7. The van der Waals surface area contributed by atoms with E-state index in [1.807, 2.05) is 54.6 Å². The van der Waals surface area contributed by atoms with Crippen LogP contribution < -0.4 is 0 Å². The van der Waals surface area contributed by atoms with Gasteiger partial charge in [-0.1, -0.05) is 158 Å². The van der Waals surface area contributed by atoms with Gasteiger partial charge in [0.1, 0.15) is 0 Å². The van der Waals surface area contributed by atoms with Gasteiger partial charge in [0.05, 0.1) is 61.8 Å². The monoisotopic (exact) mass is 904 g/mol. The molecule has 14 aromatic rings. The fraction of sp³-hybridized carbons (Fsp3) is 0. The molecule has 71 heavy (non-hydrogen) atoms. The van der Waals surface area contributed by atoms with Gasteiger partial charge >= 0.3 is 0 Å². The predicted molar refractivity (Wildman–Crippen MR) is 292 cm³/mol. The van der Waals surface area contributed by atoms with E-state index in [2.05, 4.69) is 208 Å². The van der Waals surface area contributed by atoms with Crippen LogP contribution in [0.3, 0.4) is 0 Å². The van der Waals surface area contributed by atoms with Crippen molar-refractivity contribution in [3.63, 3.8) is 0 Å². The molecule has 0 N–H and O–H groups in total. The summed E-state index contributed by atoms with van der Waals surface area (Å²) < 4.78 is 7.15. The zero-order valence-corrected chi connectivity index (χ0v) is 38.3. The Balaban J connectivity index is 1.04. The zero-order chi connectivity index (χ0) is 47.0. The maximum atomic E-state index is 10.5. The van der Waals surface area contributed by atoms with Gasteiger partial charge in [0, 0.05) is 65.9 Å². The molecule has 0 aliphatic heterocycles. The van der Waals surface area contributed by atoms with E-state index >= 15 is 0 Å². The van der Waals surface area contributed by atoms with E-state index in [9.17, 15) is 5.26 Å². The van der Waals surface area contributed by atoms with Gasteiger partial charge in [-0.15, -0.1) is 0 Å². The minimum atomic E-state index is 0.561. The molecule has 0 aliphatic rings. The zero-order valence-electron chi connectivity index (χ0n) is 38.3. The van der Waals surface area contributed by atoms with Crippen LogP contribution in [0.5, 0.6) is 0 Å². The molecule has 0 unspecified atom stereocenters. The third kappa shape index (κ3) is 6.41.